The zero-order valence-electron chi connectivity index (χ0n) is 18.6. The van der Waals surface area contributed by atoms with Crippen molar-refractivity contribution in [2.75, 3.05) is 29.9 Å². The lowest BCUT2D eigenvalue weighted by Gasteiger charge is -2.29. The molecule has 0 unspecified atom stereocenters. The molecule has 1 aliphatic rings. The topological polar surface area (TPSA) is 84.9 Å². The van der Waals surface area contributed by atoms with Gasteiger partial charge in [0.2, 0.25) is 15.9 Å². The fourth-order valence-corrected chi connectivity index (χ4v) is 4.60. The second kappa shape index (κ2) is 8.78. The predicted octanol–water partition coefficient (Wildman–Crippen LogP) is 4.04. The number of amides is 1. The van der Waals surface area contributed by atoms with E-state index >= 15 is 0 Å². The summed E-state index contributed by atoms with van der Waals surface area (Å²) in [7, 11) is -2.08. The number of hydrogen-bond donors (Lipinski definition) is 1. The van der Waals surface area contributed by atoms with Crippen LogP contribution in [0.3, 0.4) is 0 Å². The number of ether oxygens (including phenoxy) is 2. The molecule has 0 fully saturated rings. The molecule has 0 spiro atoms. The molecular weight excluding hydrogens is 416 g/mol. The number of hydrogen-bond acceptors (Lipinski definition) is 5. The molecule has 0 aromatic heterocycles. The van der Waals surface area contributed by atoms with E-state index in [-0.39, 0.29) is 24.2 Å². The monoisotopic (exact) mass is 446 g/mol. The number of carbonyl (C=O) groups is 1. The first kappa shape index (κ1) is 22.9. The Kier molecular flexibility index (Phi) is 6.50. The van der Waals surface area contributed by atoms with Gasteiger partial charge in [-0.05, 0) is 49.6 Å². The van der Waals surface area contributed by atoms with Crippen molar-refractivity contribution in [1.82, 2.24) is 0 Å². The minimum absolute atomic E-state index is 0.00668. The van der Waals surface area contributed by atoms with E-state index in [2.05, 4.69) is 4.72 Å². The fraction of sp³-hybridized carbons (Fsp3) is 0.435. The van der Waals surface area contributed by atoms with Gasteiger partial charge in [-0.15, -0.1) is 0 Å². The maximum Gasteiger partial charge on any atom is 0.236 e. The van der Waals surface area contributed by atoms with Crippen molar-refractivity contribution in [3.05, 3.63) is 48.0 Å². The standard InChI is InChI=1S/C23H30N2O5S/c1-16(2)13-25-20-11-8-18(12-21(20)30-15-23(3,4)22(25)26)24-31(27,28)14-17-6-9-19(29-5)10-7-17/h6-12,16,24H,13-15H2,1-5H3. The summed E-state index contributed by atoms with van der Waals surface area (Å²) in [4.78, 5) is 14.8. The average Bonchev–Trinajstić information content (AvgIpc) is 2.78. The van der Waals surface area contributed by atoms with Crippen molar-refractivity contribution in [1.29, 1.82) is 0 Å². The molecule has 1 amide bonds. The Morgan fingerprint density at radius 3 is 2.45 bits per heavy atom. The first-order chi connectivity index (χ1) is 14.5. The van der Waals surface area contributed by atoms with Crippen LogP contribution in [-0.4, -0.2) is 34.6 Å². The number of nitrogens with zero attached hydrogens (tertiary/aromatic N) is 1. The van der Waals surface area contributed by atoms with Crippen molar-refractivity contribution in [3.8, 4) is 11.5 Å². The Balaban J connectivity index is 1.84. The van der Waals surface area contributed by atoms with E-state index < -0.39 is 15.4 Å². The summed E-state index contributed by atoms with van der Waals surface area (Å²) < 4.78 is 39.0. The van der Waals surface area contributed by atoms with Crippen molar-refractivity contribution in [3.63, 3.8) is 0 Å². The van der Waals surface area contributed by atoms with Crippen molar-refractivity contribution in [2.45, 2.75) is 33.4 Å². The van der Waals surface area contributed by atoms with Crippen molar-refractivity contribution < 1.29 is 22.7 Å². The minimum atomic E-state index is -3.64. The molecule has 0 bridgehead atoms. The predicted molar refractivity (Wildman–Crippen MR) is 122 cm³/mol. The number of fused-ring (bicyclic) bond motifs is 1. The maximum absolute atomic E-state index is 13.1. The Morgan fingerprint density at radius 1 is 1.16 bits per heavy atom. The zero-order chi connectivity index (χ0) is 22.8. The van der Waals surface area contributed by atoms with Gasteiger partial charge in [-0.3, -0.25) is 9.52 Å². The molecule has 0 aliphatic carbocycles. The largest absolute Gasteiger partial charge is 0.497 e. The van der Waals surface area contributed by atoms with E-state index in [1.54, 1.807) is 54.5 Å². The van der Waals surface area contributed by atoms with Gasteiger partial charge in [0.15, 0.2) is 0 Å². The van der Waals surface area contributed by atoms with Crippen LogP contribution < -0.4 is 19.1 Å². The van der Waals surface area contributed by atoms with Crippen LogP contribution in [0.25, 0.3) is 0 Å². The van der Waals surface area contributed by atoms with E-state index in [1.807, 2.05) is 27.7 Å². The van der Waals surface area contributed by atoms with Gasteiger partial charge in [-0.2, -0.15) is 0 Å². The first-order valence-electron chi connectivity index (χ1n) is 10.2. The summed E-state index contributed by atoms with van der Waals surface area (Å²) in [6.07, 6.45) is 0. The normalized spacial score (nSPS) is 15.8. The van der Waals surface area contributed by atoms with Gasteiger partial charge < -0.3 is 14.4 Å². The maximum atomic E-state index is 13.1. The lowest BCUT2D eigenvalue weighted by molar-refractivity contribution is -0.127. The number of methoxy groups -OCH3 is 1. The molecule has 168 valence electrons. The highest BCUT2D eigenvalue weighted by Crippen LogP contribution is 2.38. The van der Waals surface area contributed by atoms with Crippen LogP contribution in [0.15, 0.2) is 42.5 Å². The Labute approximate surface area is 184 Å². The summed E-state index contributed by atoms with van der Waals surface area (Å²) in [5.74, 6) is 1.26. The van der Waals surface area contributed by atoms with Crippen LogP contribution >= 0.6 is 0 Å². The summed E-state index contributed by atoms with van der Waals surface area (Å²) in [5, 5.41) is 0. The van der Waals surface area contributed by atoms with E-state index in [0.717, 1.165) is 0 Å². The Morgan fingerprint density at radius 2 is 1.84 bits per heavy atom. The summed E-state index contributed by atoms with van der Waals surface area (Å²) >= 11 is 0. The number of anilines is 2. The Bertz CT molecular complexity index is 1050. The lowest BCUT2D eigenvalue weighted by atomic mass is 9.92. The summed E-state index contributed by atoms with van der Waals surface area (Å²) in [5.41, 5.74) is 1.02. The van der Waals surface area contributed by atoms with Gasteiger partial charge in [0, 0.05) is 12.6 Å². The molecule has 1 aliphatic heterocycles. The second-order valence-electron chi connectivity index (χ2n) is 8.87. The molecule has 0 radical (unpaired) electrons. The highest BCUT2D eigenvalue weighted by atomic mass is 32.2. The van der Waals surface area contributed by atoms with Gasteiger partial charge >= 0.3 is 0 Å². The summed E-state index contributed by atoms with van der Waals surface area (Å²) in [6, 6.07) is 11.9. The van der Waals surface area contributed by atoms with Gasteiger partial charge in [-0.1, -0.05) is 26.0 Å². The van der Waals surface area contributed by atoms with Crippen molar-refractivity contribution >= 4 is 27.3 Å². The number of benzene rings is 2. The van der Waals surface area contributed by atoms with Crippen LogP contribution in [-0.2, 0) is 20.6 Å². The molecule has 7 nitrogen and oxygen atoms in total. The third-order valence-electron chi connectivity index (χ3n) is 5.00. The lowest BCUT2D eigenvalue weighted by Crippen LogP contribution is -2.43. The molecule has 1 N–H and O–H groups in total. The average molecular weight is 447 g/mol. The van der Waals surface area contributed by atoms with Gasteiger partial charge in [0.1, 0.15) is 18.1 Å². The highest BCUT2D eigenvalue weighted by molar-refractivity contribution is 7.91. The molecule has 2 aromatic carbocycles. The van der Waals surface area contributed by atoms with Crippen LogP contribution in [0.1, 0.15) is 33.3 Å². The smallest absolute Gasteiger partial charge is 0.236 e. The van der Waals surface area contributed by atoms with E-state index in [9.17, 15) is 13.2 Å². The zero-order valence-corrected chi connectivity index (χ0v) is 19.5. The van der Waals surface area contributed by atoms with Gasteiger partial charge in [0.25, 0.3) is 0 Å². The minimum Gasteiger partial charge on any atom is -0.497 e. The molecular formula is C23H30N2O5S. The van der Waals surface area contributed by atoms with E-state index in [0.29, 0.717) is 35.0 Å². The molecule has 0 atom stereocenters. The van der Waals surface area contributed by atoms with Crippen LogP contribution in [0.4, 0.5) is 11.4 Å². The molecule has 3 rings (SSSR count). The third-order valence-corrected chi connectivity index (χ3v) is 6.26. The van der Waals surface area contributed by atoms with E-state index in [4.69, 9.17) is 9.47 Å². The summed E-state index contributed by atoms with van der Waals surface area (Å²) in [6.45, 7) is 8.58. The molecule has 0 saturated heterocycles. The number of sulfonamides is 1. The highest BCUT2D eigenvalue weighted by Gasteiger charge is 2.38. The van der Waals surface area contributed by atoms with Crippen molar-refractivity contribution in [2.24, 2.45) is 11.3 Å². The quantitative estimate of drug-likeness (QED) is 0.694. The molecule has 1 heterocycles. The fourth-order valence-electron chi connectivity index (χ4n) is 3.41. The number of rotatable bonds is 7. The SMILES string of the molecule is COc1ccc(CS(=O)(=O)Nc2ccc3c(c2)OCC(C)(C)C(=O)N3CC(C)C)cc1. The van der Waals surface area contributed by atoms with Crippen LogP contribution in [0.2, 0.25) is 0 Å². The van der Waals surface area contributed by atoms with Gasteiger partial charge in [-0.25, -0.2) is 8.42 Å². The molecule has 8 heteroatoms. The second-order valence-corrected chi connectivity index (χ2v) is 10.6. The number of carbonyl (C=O) groups excluding carboxylic acids is 1. The van der Waals surface area contributed by atoms with Crippen LogP contribution in [0, 0.1) is 11.3 Å². The molecule has 2 aromatic rings. The molecule has 0 saturated carbocycles. The van der Waals surface area contributed by atoms with E-state index in [1.165, 1.54) is 0 Å². The van der Waals surface area contributed by atoms with Crippen LogP contribution in [0.5, 0.6) is 11.5 Å². The third kappa shape index (κ3) is 5.50. The number of nitrogens with one attached hydrogen (secondary N) is 1. The first-order valence-corrected chi connectivity index (χ1v) is 11.9. The Hall–Kier alpha value is -2.74. The molecule has 31 heavy (non-hydrogen) atoms. The van der Waals surface area contributed by atoms with Gasteiger partial charge in [0.05, 0.1) is 29.7 Å².